The van der Waals surface area contributed by atoms with Gasteiger partial charge in [-0.25, -0.2) is 9.07 Å². The lowest BCUT2D eigenvalue weighted by atomic mass is 10.1. The van der Waals surface area contributed by atoms with Gasteiger partial charge in [-0.05, 0) is 23.8 Å². The number of hydrogen-bond acceptors (Lipinski definition) is 3. The van der Waals surface area contributed by atoms with Gasteiger partial charge in [0, 0.05) is 12.1 Å². The van der Waals surface area contributed by atoms with Crippen molar-refractivity contribution in [1.82, 2.24) is 15.0 Å². The molecule has 1 heterocycles. The Bertz CT molecular complexity index is 783. The van der Waals surface area contributed by atoms with Crippen molar-refractivity contribution in [3.05, 3.63) is 70.6 Å². The number of halogens is 2. The molecular weight excluding hydrogens is 303 g/mol. The second-order valence-corrected chi connectivity index (χ2v) is 5.26. The van der Waals surface area contributed by atoms with Crippen molar-refractivity contribution in [3.63, 3.8) is 0 Å². The molecule has 6 heteroatoms. The van der Waals surface area contributed by atoms with E-state index in [4.69, 9.17) is 17.3 Å². The Morgan fingerprint density at radius 2 is 1.82 bits per heavy atom. The average Bonchev–Trinajstić information content (AvgIpc) is 2.93. The van der Waals surface area contributed by atoms with Gasteiger partial charge in [-0.1, -0.05) is 47.1 Å². The first-order valence-electron chi connectivity index (χ1n) is 6.81. The fourth-order valence-corrected chi connectivity index (χ4v) is 2.53. The summed E-state index contributed by atoms with van der Waals surface area (Å²) in [5.74, 6) is -0.267. The Hall–Kier alpha value is -2.24. The molecule has 4 nitrogen and oxygen atoms in total. The number of rotatable bonds is 4. The highest BCUT2D eigenvalue weighted by molar-refractivity contribution is 6.33. The van der Waals surface area contributed by atoms with Crippen molar-refractivity contribution in [3.8, 4) is 11.3 Å². The molecule has 0 fully saturated rings. The summed E-state index contributed by atoms with van der Waals surface area (Å²) >= 11 is 6.28. The van der Waals surface area contributed by atoms with E-state index in [0.29, 0.717) is 17.3 Å². The number of aromatic nitrogens is 3. The molecule has 0 radical (unpaired) electrons. The highest BCUT2D eigenvalue weighted by Gasteiger charge is 2.16. The van der Waals surface area contributed by atoms with Crippen LogP contribution in [0.5, 0.6) is 0 Å². The maximum Gasteiger partial charge on any atom is 0.123 e. The van der Waals surface area contributed by atoms with Crippen LogP contribution in [0.15, 0.2) is 48.5 Å². The molecule has 1 aromatic heterocycles. The number of nitrogens with zero attached hydrogens (tertiary/aromatic N) is 3. The van der Waals surface area contributed by atoms with Gasteiger partial charge in [-0.2, -0.15) is 0 Å². The van der Waals surface area contributed by atoms with E-state index in [1.54, 1.807) is 16.8 Å². The Labute approximate surface area is 132 Å². The largest absolute Gasteiger partial charge is 0.325 e. The zero-order chi connectivity index (χ0) is 15.5. The maximum atomic E-state index is 13.0. The predicted molar refractivity (Wildman–Crippen MR) is 83.9 cm³/mol. The number of benzene rings is 2. The highest BCUT2D eigenvalue weighted by Crippen LogP contribution is 2.29. The Balaban J connectivity index is 2.04. The SMILES string of the molecule is NCc1nnn(Cc2ccc(F)cc2)c1-c1ccccc1Cl. The molecule has 3 rings (SSSR count). The minimum atomic E-state index is -0.267. The third kappa shape index (κ3) is 2.86. The van der Waals surface area contributed by atoms with Crippen LogP contribution >= 0.6 is 11.6 Å². The van der Waals surface area contributed by atoms with Crippen molar-refractivity contribution >= 4 is 11.6 Å². The van der Waals surface area contributed by atoms with E-state index >= 15 is 0 Å². The van der Waals surface area contributed by atoms with Crippen molar-refractivity contribution in [2.45, 2.75) is 13.1 Å². The first-order chi connectivity index (χ1) is 10.7. The van der Waals surface area contributed by atoms with Crippen LogP contribution in [0.2, 0.25) is 5.02 Å². The van der Waals surface area contributed by atoms with Crippen molar-refractivity contribution < 1.29 is 4.39 Å². The standard InChI is InChI=1S/C16H14ClFN4/c17-14-4-2-1-3-13(14)16-15(9-19)20-21-22(16)10-11-5-7-12(18)8-6-11/h1-8H,9-10,19H2. The van der Waals surface area contributed by atoms with Crippen LogP contribution in [0.4, 0.5) is 4.39 Å². The summed E-state index contributed by atoms with van der Waals surface area (Å²) in [4.78, 5) is 0. The van der Waals surface area contributed by atoms with Crippen LogP contribution in [0.1, 0.15) is 11.3 Å². The van der Waals surface area contributed by atoms with Crippen LogP contribution in [0.3, 0.4) is 0 Å². The van der Waals surface area contributed by atoms with Crippen LogP contribution in [0.25, 0.3) is 11.3 Å². The fourth-order valence-electron chi connectivity index (χ4n) is 2.31. The summed E-state index contributed by atoms with van der Waals surface area (Å²) in [5.41, 5.74) is 8.97. The molecule has 2 aromatic carbocycles. The summed E-state index contributed by atoms with van der Waals surface area (Å²) in [5, 5.41) is 8.89. The quantitative estimate of drug-likeness (QED) is 0.804. The topological polar surface area (TPSA) is 56.7 Å². The van der Waals surface area contributed by atoms with Gasteiger partial charge in [0.2, 0.25) is 0 Å². The molecule has 0 bridgehead atoms. The molecule has 112 valence electrons. The predicted octanol–water partition coefficient (Wildman–Crippen LogP) is 3.24. The minimum absolute atomic E-state index is 0.267. The maximum absolute atomic E-state index is 13.0. The van der Waals surface area contributed by atoms with Gasteiger partial charge in [0.1, 0.15) is 11.5 Å². The number of hydrogen-bond donors (Lipinski definition) is 1. The summed E-state index contributed by atoms with van der Waals surface area (Å²) < 4.78 is 14.7. The van der Waals surface area contributed by atoms with Gasteiger partial charge < -0.3 is 5.73 Å². The second kappa shape index (κ2) is 6.25. The lowest BCUT2D eigenvalue weighted by Gasteiger charge is -2.09. The second-order valence-electron chi connectivity index (χ2n) is 4.85. The molecule has 0 aliphatic rings. The molecular formula is C16H14ClFN4. The van der Waals surface area contributed by atoms with Gasteiger partial charge in [0.25, 0.3) is 0 Å². The van der Waals surface area contributed by atoms with Crippen molar-refractivity contribution in [1.29, 1.82) is 0 Å². The molecule has 0 atom stereocenters. The summed E-state index contributed by atoms with van der Waals surface area (Å²) in [6.45, 7) is 0.734. The van der Waals surface area contributed by atoms with Crippen LogP contribution in [0, 0.1) is 5.82 Å². The molecule has 0 saturated carbocycles. The van der Waals surface area contributed by atoms with Crippen molar-refractivity contribution in [2.75, 3.05) is 0 Å². The van der Waals surface area contributed by atoms with Crippen LogP contribution < -0.4 is 5.73 Å². The van der Waals surface area contributed by atoms with E-state index in [1.807, 2.05) is 24.3 Å². The Kier molecular flexibility index (Phi) is 4.18. The normalized spacial score (nSPS) is 10.9. The van der Waals surface area contributed by atoms with E-state index < -0.39 is 0 Å². The smallest absolute Gasteiger partial charge is 0.123 e. The van der Waals surface area contributed by atoms with E-state index in [1.165, 1.54) is 12.1 Å². The Morgan fingerprint density at radius 1 is 1.09 bits per heavy atom. The first-order valence-corrected chi connectivity index (χ1v) is 7.18. The third-order valence-corrected chi connectivity index (χ3v) is 3.70. The average molecular weight is 317 g/mol. The first kappa shape index (κ1) is 14.7. The van der Waals surface area contributed by atoms with Gasteiger partial charge in [0.15, 0.2) is 0 Å². The number of nitrogens with two attached hydrogens (primary N) is 1. The Morgan fingerprint density at radius 3 is 2.50 bits per heavy atom. The molecule has 22 heavy (non-hydrogen) atoms. The fraction of sp³-hybridized carbons (Fsp3) is 0.125. The lowest BCUT2D eigenvalue weighted by Crippen LogP contribution is -2.06. The van der Waals surface area contributed by atoms with Crippen LogP contribution in [-0.4, -0.2) is 15.0 Å². The molecule has 0 amide bonds. The molecule has 0 unspecified atom stereocenters. The van der Waals surface area contributed by atoms with Gasteiger partial charge in [-0.3, -0.25) is 0 Å². The van der Waals surface area contributed by atoms with Crippen LogP contribution in [-0.2, 0) is 13.1 Å². The van der Waals surface area contributed by atoms with Crippen molar-refractivity contribution in [2.24, 2.45) is 5.73 Å². The third-order valence-electron chi connectivity index (χ3n) is 3.37. The molecule has 0 aliphatic carbocycles. The molecule has 2 N–H and O–H groups in total. The monoisotopic (exact) mass is 316 g/mol. The highest BCUT2D eigenvalue weighted by atomic mass is 35.5. The molecule has 3 aromatic rings. The molecule has 0 aliphatic heterocycles. The summed E-state index contributed by atoms with van der Waals surface area (Å²) in [6.07, 6.45) is 0. The summed E-state index contributed by atoms with van der Waals surface area (Å²) in [6, 6.07) is 13.8. The van der Waals surface area contributed by atoms with E-state index in [9.17, 15) is 4.39 Å². The molecule has 0 saturated heterocycles. The minimum Gasteiger partial charge on any atom is -0.325 e. The van der Waals surface area contributed by atoms with E-state index in [-0.39, 0.29) is 12.4 Å². The zero-order valence-corrected chi connectivity index (χ0v) is 12.5. The van der Waals surface area contributed by atoms with E-state index in [2.05, 4.69) is 10.3 Å². The zero-order valence-electron chi connectivity index (χ0n) is 11.7. The van der Waals surface area contributed by atoms with Gasteiger partial charge in [0.05, 0.1) is 17.3 Å². The van der Waals surface area contributed by atoms with Gasteiger partial charge in [-0.15, -0.1) is 5.10 Å². The van der Waals surface area contributed by atoms with E-state index in [0.717, 1.165) is 16.8 Å². The lowest BCUT2D eigenvalue weighted by molar-refractivity contribution is 0.622. The molecule has 0 spiro atoms. The summed E-state index contributed by atoms with van der Waals surface area (Å²) in [7, 11) is 0. The van der Waals surface area contributed by atoms with Gasteiger partial charge >= 0.3 is 0 Å².